The number of carbonyl (C=O) groups is 1. The first-order chi connectivity index (χ1) is 7.94. The van der Waals surface area contributed by atoms with Crippen molar-refractivity contribution in [1.82, 2.24) is 0 Å². The van der Waals surface area contributed by atoms with Crippen LogP contribution < -0.4 is 0 Å². The Labute approximate surface area is 110 Å². The van der Waals surface area contributed by atoms with Gasteiger partial charge in [-0.15, -0.1) is 0 Å². The third-order valence-electron chi connectivity index (χ3n) is 2.97. The van der Waals surface area contributed by atoms with Crippen LogP contribution in [0.2, 0.25) is 5.02 Å². The van der Waals surface area contributed by atoms with Gasteiger partial charge >= 0.3 is 0 Å². The number of hydrogen-bond acceptors (Lipinski definition) is 3. The van der Waals surface area contributed by atoms with E-state index >= 15 is 0 Å². The Balaban J connectivity index is 2.32. The van der Waals surface area contributed by atoms with Gasteiger partial charge in [0.25, 0.3) is 0 Å². The van der Waals surface area contributed by atoms with E-state index in [1.54, 1.807) is 6.92 Å². The molecule has 0 fully saturated rings. The molecular weight excluding hydrogens is 256 g/mol. The molecule has 1 aliphatic heterocycles. The smallest absolute Gasteiger partial charge is 0.219 e. The summed E-state index contributed by atoms with van der Waals surface area (Å²) in [5, 5.41) is 10.6. The van der Waals surface area contributed by atoms with Crippen molar-refractivity contribution >= 4 is 28.5 Å². The SMILES string of the molecule is CC1=C(O)C(C)(Cc2ccccc2Cl)SC1=O. The van der Waals surface area contributed by atoms with Crippen LogP contribution in [0.4, 0.5) is 0 Å². The van der Waals surface area contributed by atoms with Crippen molar-refractivity contribution in [3.05, 3.63) is 46.2 Å². The Hall–Kier alpha value is -0.930. The van der Waals surface area contributed by atoms with Gasteiger partial charge in [0, 0.05) is 10.6 Å². The standard InChI is InChI=1S/C13H13ClO2S/c1-8-11(15)13(2,17-12(8)16)7-9-5-3-4-6-10(9)14/h3-6,15H,7H2,1-2H3. The van der Waals surface area contributed by atoms with Crippen molar-refractivity contribution in [1.29, 1.82) is 0 Å². The van der Waals surface area contributed by atoms with Crippen molar-refractivity contribution in [3.63, 3.8) is 0 Å². The number of thioether (sulfide) groups is 1. The van der Waals surface area contributed by atoms with Gasteiger partial charge in [-0.1, -0.05) is 41.6 Å². The normalized spacial score (nSPS) is 24.5. The molecule has 0 saturated heterocycles. The van der Waals surface area contributed by atoms with Crippen molar-refractivity contribution in [3.8, 4) is 0 Å². The molecule has 0 bridgehead atoms. The zero-order valence-corrected chi connectivity index (χ0v) is 11.2. The summed E-state index contributed by atoms with van der Waals surface area (Å²) in [7, 11) is 0. The molecule has 0 aromatic heterocycles. The number of halogens is 1. The van der Waals surface area contributed by atoms with E-state index in [0.29, 0.717) is 17.0 Å². The number of rotatable bonds is 2. The maximum atomic E-state index is 11.6. The third kappa shape index (κ3) is 2.22. The van der Waals surface area contributed by atoms with Crippen molar-refractivity contribution in [2.45, 2.75) is 25.0 Å². The van der Waals surface area contributed by atoms with Gasteiger partial charge in [-0.25, -0.2) is 0 Å². The third-order valence-corrected chi connectivity index (χ3v) is 4.61. The van der Waals surface area contributed by atoms with Crippen molar-refractivity contribution < 1.29 is 9.90 Å². The first kappa shape index (κ1) is 12.5. The molecule has 1 aromatic carbocycles. The van der Waals surface area contributed by atoms with Crippen LogP contribution in [-0.4, -0.2) is 15.0 Å². The highest BCUT2D eigenvalue weighted by Crippen LogP contribution is 2.44. The Morgan fingerprint density at radius 1 is 1.41 bits per heavy atom. The average Bonchev–Trinajstić information content (AvgIpc) is 2.47. The number of hydrogen-bond donors (Lipinski definition) is 1. The molecule has 0 spiro atoms. The largest absolute Gasteiger partial charge is 0.510 e. The summed E-state index contributed by atoms with van der Waals surface area (Å²) in [5.74, 6) is 0.174. The fraction of sp³-hybridized carbons (Fsp3) is 0.308. The fourth-order valence-corrected chi connectivity index (χ4v) is 3.29. The second-order valence-electron chi connectivity index (χ2n) is 4.36. The van der Waals surface area contributed by atoms with Crippen LogP contribution in [0.1, 0.15) is 19.4 Å². The van der Waals surface area contributed by atoms with E-state index in [-0.39, 0.29) is 10.9 Å². The quantitative estimate of drug-likeness (QED) is 0.888. The summed E-state index contributed by atoms with van der Waals surface area (Å²) in [6.45, 7) is 3.52. The van der Waals surface area contributed by atoms with Gasteiger partial charge in [0.2, 0.25) is 5.12 Å². The van der Waals surface area contributed by atoms with Crippen LogP contribution >= 0.6 is 23.4 Å². The highest BCUT2D eigenvalue weighted by atomic mass is 35.5. The molecule has 0 amide bonds. The van der Waals surface area contributed by atoms with Gasteiger partial charge in [0.05, 0.1) is 4.75 Å². The topological polar surface area (TPSA) is 37.3 Å². The summed E-state index contributed by atoms with van der Waals surface area (Å²) in [6.07, 6.45) is 0.548. The van der Waals surface area contributed by atoms with Gasteiger partial charge < -0.3 is 5.11 Å². The van der Waals surface area contributed by atoms with Crippen LogP contribution in [-0.2, 0) is 11.2 Å². The molecule has 0 saturated carbocycles. The van der Waals surface area contributed by atoms with E-state index in [1.807, 2.05) is 31.2 Å². The van der Waals surface area contributed by atoms with Crippen molar-refractivity contribution in [2.75, 3.05) is 0 Å². The molecule has 1 N–H and O–H groups in total. The van der Waals surface area contributed by atoms with Gasteiger partial charge in [-0.3, -0.25) is 4.79 Å². The summed E-state index contributed by atoms with van der Waals surface area (Å²) < 4.78 is -0.591. The Kier molecular flexibility index (Phi) is 3.23. The molecule has 90 valence electrons. The lowest BCUT2D eigenvalue weighted by Gasteiger charge is -2.23. The predicted molar refractivity (Wildman–Crippen MR) is 71.5 cm³/mol. The minimum absolute atomic E-state index is 0.0583. The van der Waals surface area contributed by atoms with E-state index in [1.165, 1.54) is 11.8 Å². The van der Waals surface area contributed by atoms with E-state index in [2.05, 4.69) is 0 Å². The van der Waals surface area contributed by atoms with Gasteiger partial charge in [0.1, 0.15) is 5.76 Å². The molecule has 1 aromatic rings. The summed E-state index contributed by atoms with van der Waals surface area (Å²) in [4.78, 5) is 11.6. The first-order valence-corrected chi connectivity index (χ1v) is 6.50. The summed E-state index contributed by atoms with van der Waals surface area (Å²) >= 11 is 7.26. The minimum atomic E-state index is -0.591. The molecule has 1 unspecified atom stereocenters. The fourth-order valence-electron chi connectivity index (χ4n) is 1.95. The number of aliphatic hydroxyl groups is 1. The monoisotopic (exact) mass is 268 g/mol. The van der Waals surface area contributed by atoms with E-state index in [9.17, 15) is 9.90 Å². The van der Waals surface area contributed by atoms with Crippen LogP contribution in [0.25, 0.3) is 0 Å². The zero-order chi connectivity index (χ0) is 12.6. The molecule has 2 nitrogen and oxygen atoms in total. The first-order valence-electron chi connectivity index (χ1n) is 5.31. The molecule has 1 atom stereocenters. The molecule has 0 radical (unpaired) electrons. The van der Waals surface area contributed by atoms with E-state index in [0.717, 1.165) is 5.56 Å². The van der Waals surface area contributed by atoms with E-state index in [4.69, 9.17) is 11.6 Å². The zero-order valence-electron chi connectivity index (χ0n) is 9.66. The van der Waals surface area contributed by atoms with Crippen LogP contribution in [0.3, 0.4) is 0 Å². The van der Waals surface area contributed by atoms with Crippen LogP contribution in [0.15, 0.2) is 35.6 Å². The lowest BCUT2D eigenvalue weighted by molar-refractivity contribution is -0.107. The second kappa shape index (κ2) is 4.39. The minimum Gasteiger partial charge on any atom is -0.510 e. The predicted octanol–water partition coefficient (Wildman–Crippen LogP) is 3.75. The number of aliphatic hydroxyl groups excluding tert-OH is 1. The Bertz CT molecular complexity index is 510. The van der Waals surface area contributed by atoms with Gasteiger partial charge in [-0.2, -0.15) is 0 Å². The van der Waals surface area contributed by atoms with Gasteiger partial charge in [-0.05, 0) is 31.9 Å². The molecule has 0 aliphatic carbocycles. The molecule has 17 heavy (non-hydrogen) atoms. The molecule has 2 rings (SSSR count). The van der Waals surface area contributed by atoms with E-state index < -0.39 is 4.75 Å². The lowest BCUT2D eigenvalue weighted by atomic mass is 9.96. The highest BCUT2D eigenvalue weighted by Gasteiger charge is 2.42. The Morgan fingerprint density at radius 2 is 2.06 bits per heavy atom. The number of carbonyl (C=O) groups excluding carboxylic acids is 1. The molecule has 1 heterocycles. The summed E-state index contributed by atoms with van der Waals surface area (Å²) in [5.41, 5.74) is 1.39. The molecule has 1 aliphatic rings. The average molecular weight is 269 g/mol. The van der Waals surface area contributed by atoms with Crippen LogP contribution in [0, 0.1) is 0 Å². The second-order valence-corrected chi connectivity index (χ2v) is 6.25. The van der Waals surface area contributed by atoms with Gasteiger partial charge in [0.15, 0.2) is 0 Å². The Morgan fingerprint density at radius 3 is 2.59 bits per heavy atom. The lowest BCUT2D eigenvalue weighted by Crippen LogP contribution is -2.24. The number of benzene rings is 1. The van der Waals surface area contributed by atoms with Crippen LogP contribution in [0.5, 0.6) is 0 Å². The molecule has 4 heteroatoms. The maximum Gasteiger partial charge on any atom is 0.219 e. The van der Waals surface area contributed by atoms with Crippen molar-refractivity contribution in [2.24, 2.45) is 0 Å². The summed E-state index contributed by atoms with van der Waals surface area (Å²) in [6, 6.07) is 7.50. The maximum absolute atomic E-state index is 11.6. The highest BCUT2D eigenvalue weighted by molar-refractivity contribution is 8.15. The molecular formula is C13H13ClO2S.